The Hall–Kier alpha value is -2.05. The summed E-state index contributed by atoms with van der Waals surface area (Å²) >= 11 is 5.87. The molecule has 7 heteroatoms. The van der Waals surface area contributed by atoms with Gasteiger partial charge in [-0.3, -0.25) is 9.10 Å². The molecule has 5 nitrogen and oxygen atoms in total. The first-order valence-corrected chi connectivity index (χ1v) is 11.0. The van der Waals surface area contributed by atoms with Crippen LogP contribution in [-0.2, 0) is 16.4 Å². The number of aryl methyl sites for hydroxylation is 1. The van der Waals surface area contributed by atoms with Gasteiger partial charge in [-0.15, -0.1) is 0 Å². The third-order valence-electron chi connectivity index (χ3n) is 4.69. The van der Waals surface area contributed by atoms with Crippen molar-refractivity contribution in [3.05, 3.63) is 64.2 Å². The maximum atomic E-state index is 12.4. The van der Waals surface area contributed by atoms with Gasteiger partial charge in [0, 0.05) is 23.7 Å². The fourth-order valence-corrected chi connectivity index (χ4v) is 5.04. The van der Waals surface area contributed by atoms with Crippen LogP contribution in [0, 0.1) is 6.92 Å². The van der Waals surface area contributed by atoms with E-state index in [2.05, 4.69) is 5.32 Å². The number of nitrogens with one attached hydrogen (secondary N) is 1. The van der Waals surface area contributed by atoms with E-state index in [-0.39, 0.29) is 11.7 Å². The third kappa shape index (κ3) is 4.82. The molecular formula is C20H23ClN2O3S. The quantitative estimate of drug-likeness (QED) is 0.825. The van der Waals surface area contributed by atoms with Gasteiger partial charge in [-0.25, -0.2) is 8.42 Å². The van der Waals surface area contributed by atoms with Gasteiger partial charge in [0.25, 0.3) is 5.91 Å². The smallest absolute Gasteiger partial charge is 0.251 e. The Labute approximate surface area is 165 Å². The number of rotatable bonds is 5. The average molecular weight is 407 g/mol. The molecule has 1 fully saturated rings. The Morgan fingerprint density at radius 3 is 2.56 bits per heavy atom. The zero-order valence-corrected chi connectivity index (χ0v) is 16.8. The first kappa shape index (κ1) is 19.7. The van der Waals surface area contributed by atoms with E-state index >= 15 is 0 Å². The van der Waals surface area contributed by atoms with Gasteiger partial charge >= 0.3 is 0 Å². The number of hydrogen-bond donors (Lipinski definition) is 1. The molecule has 3 rings (SSSR count). The van der Waals surface area contributed by atoms with Gasteiger partial charge < -0.3 is 5.32 Å². The second-order valence-corrected chi connectivity index (χ2v) is 9.18. The second-order valence-electron chi connectivity index (χ2n) is 6.73. The highest BCUT2D eigenvalue weighted by molar-refractivity contribution is 7.92. The molecule has 27 heavy (non-hydrogen) atoms. The van der Waals surface area contributed by atoms with E-state index in [0.717, 1.165) is 17.5 Å². The van der Waals surface area contributed by atoms with Crippen LogP contribution in [0.5, 0.6) is 0 Å². The molecule has 1 saturated heterocycles. The number of hydrogen-bond acceptors (Lipinski definition) is 3. The Kier molecular flexibility index (Phi) is 6.07. The van der Waals surface area contributed by atoms with Gasteiger partial charge in [0.1, 0.15) is 0 Å². The highest BCUT2D eigenvalue weighted by Gasteiger charge is 2.27. The number of halogens is 1. The molecule has 1 aliphatic heterocycles. The highest BCUT2D eigenvalue weighted by Crippen LogP contribution is 2.27. The summed E-state index contributed by atoms with van der Waals surface area (Å²) in [6, 6.07) is 12.7. The van der Waals surface area contributed by atoms with E-state index < -0.39 is 10.0 Å². The van der Waals surface area contributed by atoms with Crippen molar-refractivity contribution in [2.24, 2.45) is 0 Å². The van der Waals surface area contributed by atoms with Crippen molar-refractivity contribution >= 4 is 33.2 Å². The van der Waals surface area contributed by atoms with Crippen LogP contribution < -0.4 is 9.62 Å². The van der Waals surface area contributed by atoms with Gasteiger partial charge in [0.15, 0.2) is 0 Å². The van der Waals surface area contributed by atoms with E-state index in [1.54, 1.807) is 18.2 Å². The zero-order chi connectivity index (χ0) is 19.4. The molecule has 0 radical (unpaired) electrons. The molecule has 0 aromatic heterocycles. The van der Waals surface area contributed by atoms with Gasteiger partial charge in [0.2, 0.25) is 10.0 Å². The molecule has 0 bridgehead atoms. The Bertz CT molecular complexity index is 927. The lowest BCUT2D eigenvalue weighted by atomic mass is 10.1. The molecule has 0 spiro atoms. The number of carbonyl (C=O) groups excluding carboxylic acids is 1. The van der Waals surface area contributed by atoms with Crippen LogP contribution in [0.4, 0.5) is 5.69 Å². The summed E-state index contributed by atoms with van der Waals surface area (Å²) < 4.78 is 26.0. The highest BCUT2D eigenvalue weighted by atomic mass is 35.5. The van der Waals surface area contributed by atoms with Crippen molar-refractivity contribution in [2.45, 2.75) is 26.2 Å². The number of amides is 1. The fraction of sp³-hybridized carbons (Fsp3) is 0.350. The molecule has 1 amide bonds. The first-order chi connectivity index (χ1) is 12.9. The number of benzene rings is 2. The number of carbonyl (C=O) groups is 1. The lowest BCUT2D eigenvalue weighted by Gasteiger charge is -2.29. The largest absolute Gasteiger partial charge is 0.352 e. The van der Waals surface area contributed by atoms with Crippen molar-refractivity contribution in [2.75, 3.05) is 23.1 Å². The lowest BCUT2D eigenvalue weighted by molar-refractivity contribution is 0.0954. The maximum absolute atomic E-state index is 12.4. The predicted molar refractivity (Wildman–Crippen MR) is 109 cm³/mol. The molecule has 2 aromatic rings. The van der Waals surface area contributed by atoms with E-state index in [4.69, 9.17) is 11.6 Å². The minimum absolute atomic E-state index is 0.167. The summed E-state index contributed by atoms with van der Waals surface area (Å²) in [6.07, 6.45) is 2.27. The number of nitrogens with zero attached hydrogens (tertiary/aromatic N) is 1. The molecule has 1 aliphatic rings. The lowest BCUT2D eigenvalue weighted by Crippen LogP contribution is -2.38. The van der Waals surface area contributed by atoms with Crippen molar-refractivity contribution in [3.8, 4) is 0 Å². The summed E-state index contributed by atoms with van der Waals surface area (Å²) in [4.78, 5) is 12.4. The van der Waals surface area contributed by atoms with Crippen LogP contribution in [0.2, 0.25) is 5.02 Å². The Morgan fingerprint density at radius 1 is 1.15 bits per heavy atom. The summed E-state index contributed by atoms with van der Waals surface area (Å²) in [5.74, 6) is 0.0134. The minimum Gasteiger partial charge on any atom is -0.352 e. The molecule has 1 heterocycles. The topological polar surface area (TPSA) is 66.5 Å². The monoisotopic (exact) mass is 406 g/mol. The molecule has 0 aliphatic carbocycles. The van der Waals surface area contributed by atoms with Crippen LogP contribution in [0.1, 0.15) is 34.3 Å². The number of anilines is 1. The molecule has 144 valence electrons. The van der Waals surface area contributed by atoms with Crippen molar-refractivity contribution in [3.63, 3.8) is 0 Å². The van der Waals surface area contributed by atoms with Crippen LogP contribution in [-0.4, -0.2) is 33.2 Å². The van der Waals surface area contributed by atoms with Gasteiger partial charge in [-0.2, -0.15) is 0 Å². The van der Waals surface area contributed by atoms with Crippen LogP contribution in [0.3, 0.4) is 0 Å². The summed E-state index contributed by atoms with van der Waals surface area (Å²) in [5.41, 5.74) is 3.07. The van der Waals surface area contributed by atoms with Gasteiger partial charge in [-0.05, 0) is 67.6 Å². The third-order valence-corrected chi connectivity index (χ3v) is 6.80. The summed E-state index contributed by atoms with van der Waals surface area (Å²) in [5, 5.41) is 3.59. The van der Waals surface area contributed by atoms with E-state index in [1.807, 2.05) is 31.2 Å². The SMILES string of the molecule is Cc1cc(C(=O)NCCc2ccc(Cl)cc2)ccc1N1CCCCS1(=O)=O. The number of sulfonamides is 1. The van der Waals surface area contributed by atoms with Gasteiger partial charge in [0.05, 0.1) is 11.4 Å². The van der Waals surface area contributed by atoms with Crippen molar-refractivity contribution in [1.29, 1.82) is 0 Å². The zero-order valence-electron chi connectivity index (χ0n) is 15.2. The van der Waals surface area contributed by atoms with Crippen LogP contribution in [0.25, 0.3) is 0 Å². The molecule has 1 N–H and O–H groups in total. The maximum Gasteiger partial charge on any atom is 0.251 e. The van der Waals surface area contributed by atoms with E-state index in [1.165, 1.54) is 4.31 Å². The Balaban J connectivity index is 1.64. The molecular weight excluding hydrogens is 384 g/mol. The Morgan fingerprint density at radius 2 is 1.89 bits per heavy atom. The second kappa shape index (κ2) is 8.31. The predicted octanol–water partition coefficient (Wildman–Crippen LogP) is 3.55. The molecule has 0 unspecified atom stereocenters. The minimum atomic E-state index is -3.26. The normalized spacial score (nSPS) is 16.1. The van der Waals surface area contributed by atoms with Crippen molar-refractivity contribution < 1.29 is 13.2 Å². The van der Waals surface area contributed by atoms with Gasteiger partial charge in [-0.1, -0.05) is 23.7 Å². The van der Waals surface area contributed by atoms with Crippen LogP contribution >= 0.6 is 11.6 Å². The first-order valence-electron chi connectivity index (χ1n) is 9.00. The molecule has 2 aromatic carbocycles. The fourth-order valence-electron chi connectivity index (χ4n) is 3.21. The summed E-state index contributed by atoms with van der Waals surface area (Å²) in [7, 11) is -3.26. The van der Waals surface area contributed by atoms with Crippen molar-refractivity contribution in [1.82, 2.24) is 5.32 Å². The average Bonchev–Trinajstić information content (AvgIpc) is 2.63. The van der Waals surface area contributed by atoms with E-state index in [0.29, 0.717) is 42.2 Å². The van der Waals surface area contributed by atoms with E-state index in [9.17, 15) is 13.2 Å². The van der Waals surface area contributed by atoms with Crippen LogP contribution in [0.15, 0.2) is 42.5 Å². The molecule has 0 saturated carbocycles. The summed E-state index contributed by atoms with van der Waals surface area (Å²) in [6.45, 7) is 2.85. The molecule has 0 atom stereocenters. The standard InChI is InChI=1S/C20H23ClN2O3S/c1-15-14-17(6-9-19(15)23-12-2-3-13-27(23,25)26)20(24)22-11-10-16-4-7-18(21)8-5-16/h4-9,14H,2-3,10-13H2,1H3,(H,22,24).